The maximum Gasteiger partial charge on any atom is 0.157 e. The molecule has 0 bridgehead atoms. The van der Waals surface area contributed by atoms with E-state index < -0.39 is 0 Å². The number of halogens is 2. The largest absolute Gasteiger partial charge is 0.354 e. The van der Waals surface area contributed by atoms with E-state index in [1.54, 1.807) is 0 Å². The van der Waals surface area contributed by atoms with Crippen LogP contribution in [0.1, 0.15) is 25.3 Å². The third kappa shape index (κ3) is 4.79. The number of hydrogen-bond donors (Lipinski definition) is 1. The molecule has 0 spiro atoms. The number of amidine groups is 1. The van der Waals surface area contributed by atoms with Crippen LogP contribution in [-0.2, 0) is 5.54 Å². The van der Waals surface area contributed by atoms with Crippen LogP contribution in [0.25, 0.3) is 0 Å². The Bertz CT molecular complexity index is 478. The first-order valence-electron chi connectivity index (χ1n) is 7.50. The molecule has 0 aliphatic carbocycles. The smallest absolute Gasteiger partial charge is 0.157 e. The van der Waals surface area contributed by atoms with Gasteiger partial charge in [-0.1, -0.05) is 42.1 Å². The van der Waals surface area contributed by atoms with Crippen molar-refractivity contribution in [2.75, 3.05) is 31.9 Å². The molecule has 3 nitrogen and oxygen atoms in total. The second-order valence-corrected chi connectivity index (χ2v) is 6.93. The summed E-state index contributed by atoms with van der Waals surface area (Å²) in [6.45, 7) is 6.82. The quantitative estimate of drug-likeness (QED) is 0.888. The molecule has 2 aliphatic heterocycles. The molecular formula is C16H25Cl2N3S. The summed E-state index contributed by atoms with van der Waals surface area (Å²) in [5, 5.41) is 4.71. The average Bonchev–Trinajstić information content (AvgIpc) is 3.11. The second kappa shape index (κ2) is 9.02. The Labute approximate surface area is 150 Å². The van der Waals surface area contributed by atoms with Crippen molar-refractivity contribution < 1.29 is 0 Å². The fourth-order valence-corrected chi connectivity index (χ4v) is 3.87. The zero-order valence-corrected chi connectivity index (χ0v) is 15.4. The van der Waals surface area contributed by atoms with Crippen molar-refractivity contribution in [3.8, 4) is 0 Å². The Kier molecular flexibility index (Phi) is 8.04. The van der Waals surface area contributed by atoms with Gasteiger partial charge in [0.1, 0.15) is 0 Å². The molecule has 0 radical (unpaired) electrons. The molecule has 0 aromatic heterocycles. The summed E-state index contributed by atoms with van der Waals surface area (Å²) in [5.41, 5.74) is 1.29. The molecule has 1 N–H and O–H groups in total. The van der Waals surface area contributed by atoms with Crippen molar-refractivity contribution in [1.82, 2.24) is 10.2 Å². The molecule has 0 amide bonds. The normalized spacial score (nSPS) is 24.1. The van der Waals surface area contributed by atoms with Gasteiger partial charge in [0.25, 0.3) is 0 Å². The van der Waals surface area contributed by atoms with Gasteiger partial charge in [-0.15, -0.1) is 24.8 Å². The Balaban J connectivity index is 0.00000121. The number of thioether (sulfide) groups is 1. The van der Waals surface area contributed by atoms with E-state index in [1.165, 1.54) is 38.0 Å². The van der Waals surface area contributed by atoms with E-state index in [0.29, 0.717) is 0 Å². The van der Waals surface area contributed by atoms with Crippen LogP contribution in [0.2, 0.25) is 0 Å². The first-order chi connectivity index (χ1) is 9.76. The lowest BCUT2D eigenvalue weighted by Gasteiger charge is -2.25. The van der Waals surface area contributed by atoms with E-state index in [4.69, 9.17) is 0 Å². The molecule has 1 fully saturated rings. The van der Waals surface area contributed by atoms with Gasteiger partial charge in [-0.25, -0.2) is 0 Å². The van der Waals surface area contributed by atoms with Gasteiger partial charge < -0.3 is 10.2 Å². The summed E-state index contributed by atoms with van der Waals surface area (Å²) in [4.78, 5) is 7.23. The highest BCUT2D eigenvalue weighted by atomic mass is 35.5. The highest BCUT2D eigenvalue weighted by molar-refractivity contribution is 8.13. The molecule has 1 saturated heterocycles. The predicted octanol–water partition coefficient (Wildman–Crippen LogP) is 3.53. The first kappa shape index (κ1) is 19.6. The fraction of sp³-hybridized carbons (Fsp3) is 0.562. The van der Waals surface area contributed by atoms with E-state index in [1.807, 2.05) is 11.8 Å². The standard InChI is InChI=1S/C16H23N3S.2ClH/c1-16(14-7-3-2-4-8-14)13-17-15(18-16)20-12-11-19-9-5-6-10-19;;/h2-4,7-8H,5-6,9-13H2,1H3,(H,17,18);2*1H. The number of aliphatic imine (C=N–C) groups is 1. The van der Waals surface area contributed by atoms with Crippen molar-refractivity contribution in [2.24, 2.45) is 4.99 Å². The molecule has 1 unspecified atom stereocenters. The summed E-state index contributed by atoms with van der Waals surface area (Å²) in [5.74, 6) is 1.14. The summed E-state index contributed by atoms with van der Waals surface area (Å²) >= 11 is 1.87. The zero-order valence-electron chi connectivity index (χ0n) is 13.0. The topological polar surface area (TPSA) is 27.6 Å². The van der Waals surface area contributed by atoms with Crippen LogP contribution < -0.4 is 5.32 Å². The predicted molar refractivity (Wildman–Crippen MR) is 102 cm³/mol. The summed E-state index contributed by atoms with van der Waals surface area (Å²) in [6, 6.07) is 10.6. The molecule has 0 saturated carbocycles. The van der Waals surface area contributed by atoms with Crippen molar-refractivity contribution in [3.63, 3.8) is 0 Å². The lowest BCUT2D eigenvalue weighted by molar-refractivity contribution is 0.362. The number of hydrogen-bond acceptors (Lipinski definition) is 4. The SMILES string of the molecule is CC1(c2ccccc2)CN=C(SCCN2CCCC2)N1.Cl.Cl. The average molecular weight is 362 g/mol. The fourth-order valence-electron chi connectivity index (χ4n) is 2.87. The van der Waals surface area contributed by atoms with Crippen molar-refractivity contribution in [2.45, 2.75) is 25.3 Å². The molecule has 2 heterocycles. The van der Waals surface area contributed by atoms with Gasteiger partial charge in [0.15, 0.2) is 5.17 Å². The Morgan fingerprint density at radius 3 is 2.55 bits per heavy atom. The summed E-state index contributed by atoms with van der Waals surface area (Å²) in [7, 11) is 0. The Morgan fingerprint density at radius 2 is 1.86 bits per heavy atom. The molecule has 3 rings (SSSR count). The molecule has 1 atom stereocenters. The number of nitrogens with zero attached hydrogens (tertiary/aromatic N) is 2. The number of nitrogens with one attached hydrogen (secondary N) is 1. The van der Waals surface area contributed by atoms with Crippen LogP contribution in [0.15, 0.2) is 35.3 Å². The van der Waals surface area contributed by atoms with Gasteiger partial charge in [0, 0.05) is 12.3 Å². The van der Waals surface area contributed by atoms with Crippen LogP contribution >= 0.6 is 36.6 Å². The van der Waals surface area contributed by atoms with Gasteiger partial charge in [-0.2, -0.15) is 0 Å². The van der Waals surface area contributed by atoms with E-state index in [9.17, 15) is 0 Å². The van der Waals surface area contributed by atoms with Gasteiger partial charge in [0.2, 0.25) is 0 Å². The van der Waals surface area contributed by atoms with Gasteiger partial charge in [0.05, 0.1) is 12.1 Å². The molecule has 22 heavy (non-hydrogen) atoms. The van der Waals surface area contributed by atoms with Crippen LogP contribution in [-0.4, -0.2) is 42.0 Å². The molecule has 1 aromatic rings. The van der Waals surface area contributed by atoms with Crippen molar-refractivity contribution >= 4 is 41.7 Å². The van der Waals surface area contributed by atoms with Crippen molar-refractivity contribution in [3.05, 3.63) is 35.9 Å². The third-order valence-electron chi connectivity index (χ3n) is 4.18. The number of rotatable bonds is 4. The minimum absolute atomic E-state index is 0. The highest BCUT2D eigenvalue weighted by Crippen LogP contribution is 2.27. The van der Waals surface area contributed by atoms with Gasteiger partial charge in [-0.3, -0.25) is 4.99 Å². The van der Waals surface area contributed by atoms with E-state index >= 15 is 0 Å². The zero-order chi connectivity index (χ0) is 13.8. The molecule has 1 aromatic carbocycles. The van der Waals surface area contributed by atoms with Crippen LogP contribution in [0.4, 0.5) is 0 Å². The maximum absolute atomic E-state index is 4.68. The third-order valence-corrected chi connectivity index (χ3v) is 5.07. The number of benzene rings is 1. The lowest BCUT2D eigenvalue weighted by atomic mass is 9.93. The van der Waals surface area contributed by atoms with E-state index in [0.717, 1.165) is 17.5 Å². The molecule has 2 aliphatic rings. The van der Waals surface area contributed by atoms with E-state index in [-0.39, 0.29) is 30.4 Å². The first-order valence-corrected chi connectivity index (χ1v) is 8.48. The van der Waals surface area contributed by atoms with Gasteiger partial charge in [-0.05, 0) is 38.4 Å². The molecule has 6 heteroatoms. The Hall–Kier alpha value is -0.420. The van der Waals surface area contributed by atoms with Crippen LogP contribution in [0.3, 0.4) is 0 Å². The Morgan fingerprint density at radius 1 is 1.18 bits per heavy atom. The summed E-state index contributed by atoms with van der Waals surface area (Å²) < 4.78 is 0. The minimum Gasteiger partial charge on any atom is -0.354 e. The second-order valence-electron chi connectivity index (χ2n) is 5.84. The van der Waals surface area contributed by atoms with Crippen LogP contribution in [0, 0.1) is 0 Å². The molecule has 124 valence electrons. The number of likely N-dealkylation sites (tertiary alicyclic amines) is 1. The highest BCUT2D eigenvalue weighted by Gasteiger charge is 2.32. The minimum atomic E-state index is -0.0305. The lowest BCUT2D eigenvalue weighted by Crippen LogP contribution is -2.39. The maximum atomic E-state index is 4.68. The monoisotopic (exact) mass is 361 g/mol. The van der Waals surface area contributed by atoms with E-state index in [2.05, 4.69) is 52.5 Å². The van der Waals surface area contributed by atoms with Gasteiger partial charge >= 0.3 is 0 Å². The molecular weight excluding hydrogens is 337 g/mol. The van der Waals surface area contributed by atoms with Crippen molar-refractivity contribution in [1.29, 1.82) is 0 Å². The summed E-state index contributed by atoms with van der Waals surface area (Å²) in [6.07, 6.45) is 2.74. The van der Waals surface area contributed by atoms with Crippen LogP contribution in [0.5, 0.6) is 0 Å².